The number of carboxylic acid groups (broad SMARTS) is 1. The molecular formula is C19H19N3O3S. The maximum Gasteiger partial charge on any atom is 0.335 e. The Labute approximate surface area is 156 Å². The number of nitrogens with zero attached hydrogens (tertiary/aromatic N) is 2. The summed E-state index contributed by atoms with van der Waals surface area (Å²) in [6, 6.07) is 11.7. The second-order valence-electron chi connectivity index (χ2n) is 5.88. The van der Waals surface area contributed by atoms with Crippen molar-refractivity contribution in [3.8, 4) is 6.07 Å². The molecule has 2 rings (SSSR count). The topological polar surface area (TPSA) is 103 Å². The Hall–Kier alpha value is -2.85. The van der Waals surface area contributed by atoms with E-state index in [9.17, 15) is 14.9 Å². The van der Waals surface area contributed by atoms with E-state index in [1.807, 2.05) is 19.9 Å². The molecule has 0 aliphatic carbocycles. The molecule has 1 aromatic carbocycles. The average Bonchev–Trinajstić information content (AvgIpc) is 2.62. The lowest BCUT2D eigenvalue weighted by molar-refractivity contribution is -0.115. The van der Waals surface area contributed by atoms with Crippen molar-refractivity contribution in [3.63, 3.8) is 0 Å². The van der Waals surface area contributed by atoms with Crippen LogP contribution >= 0.6 is 11.8 Å². The lowest BCUT2D eigenvalue weighted by Gasteiger charge is -2.09. The van der Waals surface area contributed by atoms with Crippen molar-refractivity contribution in [3.05, 3.63) is 53.2 Å². The summed E-state index contributed by atoms with van der Waals surface area (Å²) in [7, 11) is 0. The van der Waals surface area contributed by atoms with Crippen molar-refractivity contribution in [2.75, 3.05) is 11.1 Å². The van der Waals surface area contributed by atoms with Gasteiger partial charge in [0.15, 0.2) is 0 Å². The van der Waals surface area contributed by atoms with Crippen LogP contribution in [0.1, 0.15) is 47.8 Å². The quantitative estimate of drug-likeness (QED) is 0.718. The van der Waals surface area contributed by atoms with Crippen LogP contribution in [0, 0.1) is 11.3 Å². The van der Waals surface area contributed by atoms with E-state index in [4.69, 9.17) is 5.11 Å². The molecule has 0 aliphatic heterocycles. The zero-order valence-electron chi connectivity index (χ0n) is 14.5. The van der Waals surface area contributed by atoms with Gasteiger partial charge in [0.1, 0.15) is 11.1 Å². The first-order chi connectivity index (χ1) is 12.4. The van der Waals surface area contributed by atoms with Gasteiger partial charge >= 0.3 is 5.97 Å². The Morgan fingerprint density at radius 3 is 2.50 bits per heavy atom. The molecule has 1 heterocycles. The number of thioether (sulfide) groups is 1. The Morgan fingerprint density at radius 1 is 1.23 bits per heavy atom. The van der Waals surface area contributed by atoms with E-state index >= 15 is 0 Å². The monoisotopic (exact) mass is 369 g/mol. The number of hydrogen-bond acceptors (Lipinski definition) is 5. The van der Waals surface area contributed by atoms with Gasteiger partial charge in [-0.25, -0.2) is 9.78 Å². The van der Waals surface area contributed by atoms with Crippen LogP contribution < -0.4 is 5.32 Å². The number of carbonyl (C=O) groups excluding carboxylic acids is 1. The fourth-order valence-electron chi connectivity index (χ4n) is 2.13. The van der Waals surface area contributed by atoms with E-state index in [1.165, 1.54) is 23.9 Å². The van der Waals surface area contributed by atoms with E-state index < -0.39 is 5.97 Å². The van der Waals surface area contributed by atoms with Crippen LogP contribution in [0.3, 0.4) is 0 Å². The predicted octanol–water partition coefficient (Wildman–Crippen LogP) is 3.90. The number of pyridine rings is 1. The largest absolute Gasteiger partial charge is 0.478 e. The number of carbonyl (C=O) groups is 2. The third kappa shape index (κ3) is 5.33. The molecule has 6 nitrogen and oxygen atoms in total. The molecule has 0 saturated carbocycles. The standard InChI is InChI=1S/C19H19N3O3S/c1-12(2)16-8-5-14(11-20)18(22-16)26-10-9-17(23)21-15-6-3-13(4-7-15)19(24)25/h3-8,12H,9-10H2,1-2H3,(H,21,23)(H,24,25). The molecule has 0 bridgehead atoms. The summed E-state index contributed by atoms with van der Waals surface area (Å²) in [6.45, 7) is 4.07. The van der Waals surface area contributed by atoms with E-state index in [0.29, 0.717) is 22.0 Å². The second kappa shape index (κ2) is 9.02. The minimum Gasteiger partial charge on any atom is -0.478 e. The van der Waals surface area contributed by atoms with Crippen LogP contribution in [0.25, 0.3) is 0 Å². The smallest absolute Gasteiger partial charge is 0.335 e. The number of nitrogens with one attached hydrogen (secondary N) is 1. The third-order valence-electron chi connectivity index (χ3n) is 3.58. The SMILES string of the molecule is CC(C)c1ccc(C#N)c(SCCC(=O)Nc2ccc(C(=O)O)cc2)n1. The number of amides is 1. The second-order valence-corrected chi connectivity index (χ2v) is 6.97. The van der Waals surface area contributed by atoms with Crippen LogP contribution in [0.15, 0.2) is 41.4 Å². The van der Waals surface area contributed by atoms with Crippen LogP contribution in [0.5, 0.6) is 0 Å². The van der Waals surface area contributed by atoms with Crippen molar-refractivity contribution >= 4 is 29.3 Å². The average molecular weight is 369 g/mol. The maximum absolute atomic E-state index is 12.0. The Bertz CT molecular complexity index is 842. The summed E-state index contributed by atoms with van der Waals surface area (Å²) >= 11 is 1.38. The maximum atomic E-state index is 12.0. The molecule has 1 amide bonds. The Morgan fingerprint density at radius 2 is 1.92 bits per heavy atom. The molecule has 0 fully saturated rings. The van der Waals surface area contributed by atoms with E-state index in [1.54, 1.807) is 18.2 Å². The van der Waals surface area contributed by atoms with Crippen molar-refractivity contribution in [2.24, 2.45) is 0 Å². The zero-order chi connectivity index (χ0) is 19.1. The van der Waals surface area contributed by atoms with Gasteiger partial charge in [-0.15, -0.1) is 11.8 Å². The first-order valence-corrected chi connectivity index (χ1v) is 9.06. The van der Waals surface area contributed by atoms with Gasteiger partial charge in [0.05, 0.1) is 11.1 Å². The lowest BCUT2D eigenvalue weighted by atomic mass is 10.1. The minimum atomic E-state index is -1.01. The molecule has 0 atom stereocenters. The summed E-state index contributed by atoms with van der Waals surface area (Å²) in [5.74, 6) is -0.440. The molecule has 2 aromatic rings. The zero-order valence-corrected chi connectivity index (χ0v) is 15.3. The van der Waals surface area contributed by atoms with Gasteiger partial charge < -0.3 is 10.4 Å². The molecular weight excluding hydrogens is 350 g/mol. The number of aromatic nitrogens is 1. The first kappa shape index (κ1) is 19.5. The molecule has 0 aliphatic rings. The highest BCUT2D eigenvalue weighted by molar-refractivity contribution is 7.99. The molecule has 0 spiro atoms. The molecule has 0 radical (unpaired) electrons. The number of carboxylic acids is 1. The first-order valence-electron chi connectivity index (χ1n) is 8.07. The molecule has 7 heteroatoms. The number of nitriles is 1. The number of benzene rings is 1. The summed E-state index contributed by atoms with van der Waals surface area (Å²) in [5, 5.41) is 21.4. The third-order valence-corrected chi connectivity index (χ3v) is 4.57. The van der Waals surface area contributed by atoms with Gasteiger partial charge in [-0.1, -0.05) is 13.8 Å². The normalized spacial score (nSPS) is 10.4. The molecule has 0 unspecified atom stereocenters. The molecule has 1 aromatic heterocycles. The molecule has 26 heavy (non-hydrogen) atoms. The van der Waals surface area contributed by atoms with E-state index in [-0.39, 0.29) is 23.8 Å². The lowest BCUT2D eigenvalue weighted by Crippen LogP contribution is -2.12. The van der Waals surface area contributed by atoms with Gasteiger partial charge in [-0.05, 0) is 42.3 Å². The number of rotatable bonds is 7. The molecule has 134 valence electrons. The summed E-state index contributed by atoms with van der Waals surface area (Å²) in [6.07, 6.45) is 0.254. The van der Waals surface area contributed by atoms with Crippen molar-refractivity contribution < 1.29 is 14.7 Å². The predicted molar refractivity (Wildman–Crippen MR) is 100 cm³/mol. The van der Waals surface area contributed by atoms with Crippen LogP contribution in [0.4, 0.5) is 5.69 Å². The van der Waals surface area contributed by atoms with Crippen LogP contribution in [-0.2, 0) is 4.79 Å². The fraction of sp³-hybridized carbons (Fsp3) is 0.263. The van der Waals surface area contributed by atoms with Crippen molar-refractivity contribution in [1.82, 2.24) is 4.98 Å². The Balaban J connectivity index is 1.91. The summed E-state index contributed by atoms with van der Waals surface area (Å²) < 4.78 is 0. The highest BCUT2D eigenvalue weighted by atomic mass is 32.2. The van der Waals surface area contributed by atoms with Gasteiger partial charge in [-0.3, -0.25) is 4.79 Å². The number of anilines is 1. The molecule has 0 saturated heterocycles. The summed E-state index contributed by atoms with van der Waals surface area (Å²) in [4.78, 5) is 27.3. The van der Waals surface area contributed by atoms with Crippen molar-refractivity contribution in [1.29, 1.82) is 5.26 Å². The van der Waals surface area contributed by atoms with Crippen LogP contribution in [-0.4, -0.2) is 27.7 Å². The van der Waals surface area contributed by atoms with Crippen molar-refractivity contribution in [2.45, 2.75) is 31.2 Å². The molecule has 2 N–H and O–H groups in total. The van der Waals surface area contributed by atoms with Crippen LogP contribution in [0.2, 0.25) is 0 Å². The van der Waals surface area contributed by atoms with Gasteiger partial charge in [0.2, 0.25) is 5.91 Å². The van der Waals surface area contributed by atoms with E-state index in [0.717, 1.165) is 5.69 Å². The van der Waals surface area contributed by atoms with Gasteiger partial charge in [0, 0.05) is 23.6 Å². The van der Waals surface area contributed by atoms with Gasteiger partial charge in [-0.2, -0.15) is 5.26 Å². The number of aromatic carboxylic acids is 1. The summed E-state index contributed by atoms with van der Waals surface area (Å²) in [5.41, 5.74) is 2.12. The van der Waals surface area contributed by atoms with Gasteiger partial charge in [0.25, 0.3) is 0 Å². The Kier molecular flexibility index (Phi) is 6.75. The fourth-order valence-corrected chi connectivity index (χ4v) is 3.05. The van der Waals surface area contributed by atoms with E-state index in [2.05, 4.69) is 16.4 Å². The number of hydrogen-bond donors (Lipinski definition) is 2. The highest BCUT2D eigenvalue weighted by Crippen LogP contribution is 2.24. The highest BCUT2D eigenvalue weighted by Gasteiger charge is 2.10. The minimum absolute atomic E-state index is 0.165.